The maximum absolute atomic E-state index is 12.4. The number of hydrogen-bond acceptors (Lipinski definition) is 2. The Balaban J connectivity index is 2.15. The Kier molecular flexibility index (Phi) is 6.83. The lowest BCUT2D eigenvalue weighted by Crippen LogP contribution is -2.38. The van der Waals surface area contributed by atoms with E-state index in [9.17, 15) is 4.79 Å². The van der Waals surface area contributed by atoms with E-state index in [1.54, 1.807) is 0 Å². The summed E-state index contributed by atoms with van der Waals surface area (Å²) in [6.45, 7) is 8.57. The fourth-order valence-corrected chi connectivity index (χ4v) is 3.10. The fourth-order valence-electron chi connectivity index (χ4n) is 2.84. The molecule has 2 aromatic carbocycles. The van der Waals surface area contributed by atoms with Crippen molar-refractivity contribution in [2.24, 2.45) is 0 Å². The van der Waals surface area contributed by atoms with Crippen LogP contribution in [-0.4, -0.2) is 30.4 Å². The molecule has 3 nitrogen and oxygen atoms in total. The number of nitrogens with one attached hydrogen (secondary N) is 1. The van der Waals surface area contributed by atoms with E-state index in [4.69, 9.17) is 11.6 Å². The van der Waals surface area contributed by atoms with Crippen molar-refractivity contribution < 1.29 is 4.79 Å². The molecular formula is C20H25ClN2O. The minimum absolute atomic E-state index is 0.0563. The smallest absolute Gasteiger partial charge is 0.251 e. The van der Waals surface area contributed by atoms with Crippen molar-refractivity contribution >= 4 is 17.5 Å². The average Bonchev–Trinajstić information content (AvgIpc) is 2.60. The molecule has 2 aromatic rings. The molecule has 1 N–H and O–H groups in total. The second-order valence-corrected chi connectivity index (χ2v) is 6.24. The molecule has 128 valence electrons. The zero-order chi connectivity index (χ0) is 17.5. The van der Waals surface area contributed by atoms with E-state index in [1.165, 1.54) is 0 Å². The highest BCUT2D eigenvalue weighted by atomic mass is 35.5. The molecule has 0 aliphatic carbocycles. The van der Waals surface area contributed by atoms with Gasteiger partial charge in [0.2, 0.25) is 0 Å². The van der Waals surface area contributed by atoms with Crippen LogP contribution in [0.2, 0.25) is 5.02 Å². The van der Waals surface area contributed by atoms with Gasteiger partial charge in [0.05, 0.1) is 6.04 Å². The summed E-state index contributed by atoms with van der Waals surface area (Å²) in [6, 6.07) is 15.5. The Morgan fingerprint density at radius 1 is 1.08 bits per heavy atom. The molecule has 0 aromatic heterocycles. The third-order valence-corrected chi connectivity index (χ3v) is 4.63. The summed E-state index contributed by atoms with van der Waals surface area (Å²) >= 11 is 6.39. The first-order valence-electron chi connectivity index (χ1n) is 8.40. The van der Waals surface area contributed by atoms with E-state index >= 15 is 0 Å². The van der Waals surface area contributed by atoms with Gasteiger partial charge in [-0.1, -0.05) is 61.3 Å². The monoisotopic (exact) mass is 344 g/mol. The number of benzene rings is 2. The van der Waals surface area contributed by atoms with E-state index in [0.29, 0.717) is 12.1 Å². The standard InChI is InChI=1S/C20H25ClN2O/c1-4-23(5-2)19(17-8-6-7-9-18(17)21)14-22-20(24)16-12-10-15(3)11-13-16/h6-13,19H,4-5,14H2,1-3H3,(H,22,24)/t19-/m1/s1. The Hall–Kier alpha value is -1.84. The number of rotatable bonds is 7. The van der Waals surface area contributed by atoms with Gasteiger partial charge in [0, 0.05) is 17.1 Å². The number of nitrogens with zero attached hydrogens (tertiary/aromatic N) is 1. The van der Waals surface area contributed by atoms with Crippen molar-refractivity contribution in [3.05, 3.63) is 70.2 Å². The second kappa shape index (κ2) is 8.86. The fraction of sp³-hybridized carbons (Fsp3) is 0.350. The van der Waals surface area contributed by atoms with Gasteiger partial charge < -0.3 is 5.32 Å². The molecule has 0 aliphatic heterocycles. The Labute approximate surface area is 149 Å². The first-order valence-corrected chi connectivity index (χ1v) is 8.78. The van der Waals surface area contributed by atoms with Gasteiger partial charge in [0.1, 0.15) is 0 Å². The summed E-state index contributed by atoms with van der Waals surface area (Å²) in [4.78, 5) is 14.7. The first-order chi connectivity index (χ1) is 11.6. The summed E-state index contributed by atoms with van der Waals surface area (Å²) in [5.74, 6) is -0.0563. The topological polar surface area (TPSA) is 32.3 Å². The molecule has 0 radical (unpaired) electrons. The Morgan fingerprint density at radius 3 is 2.29 bits per heavy atom. The Morgan fingerprint density at radius 2 is 1.71 bits per heavy atom. The lowest BCUT2D eigenvalue weighted by atomic mass is 10.0. The number of aryl methyl sites for hydroxylation is 1. The van der Waals surface area contributed by atoms with Crippen LogP contribution in [-0.2, 0) is 0 Å². The number of hydrogen-bond donors (Lipinski definition) is 1. The quantitative estimate of drug-likeness (QED) is 0.804. The molecule has 4 heteroatoms. The van der Waals surface area contributed by atoms with Crippen molar-refractivity contribution in [3.8, 4) is 0 Å². The number of halogens is 1. The SMILES string of the molecule is CCN(CC)[C@H](CNC(=O)c1ccc(C)cc1)c1ccccc1Cl. The van der Waals surface area contributed by atoms with Crippen LogP contribution in [0.5, 0.6) is 0 Å². The number of likely N-dealkylation sites (N-methyl/N-ethyl adjacent to an activating group) is 1. The highest BCUT2D eigenvalue weighted by Crippen LogP contribution is 2.27. The van der Waals surface area contributed by atoms with Crippen molar-refractivity contribution in [2.45, 2.75) is 26.8 Å². The Bertz CT molecular complexity index is 666. The largest absolute Gasteiger partial charge is 0.350 e. The van der Waals surface area contributed by atoms with Crippen LogP contribution in [0.3, 0.4) is 0 Å². The summed E-state index contributed by atoms with van der Waals surface area (Å²) in [7, 11) is 0. The van der Waals surface area contributed by atoms with Gasteiger partial charge in [0.15, 0.2) is 0 Å². The van der Waals surface area contributed by atoms with Gasteiger partial charge in [0.25, 0.3) is 5.91 Å². The lowest BCUT2D eigenvalue weighted by molar-refractivity contribution is 0.0935. The molecule has 0 fully saturated rings. The maximum Gasteiger partial charge on any atom is 0.251 e. The van der Waals surface area contributed by atoms with Gasteiger partial charge in [-0.05, 0) is 43.8 Å². The van der Waals surface area contributed by atoms with Crippen LogP contribution in [0, 0.1) is 6.92 Å². The zero-order valence-corrected chi connectivity index (χ0v) is 15.3. The number of carbonyl (C=O) groups is 1. The van der Waals surface area contributed by atoms with Crippen LogP contribution in [0.25, 0.3) is 0 Å². The minimum Gasteiger partial charge on any atom is -0.350 e. The van der Waals surface area contributed by atoms with Crippen molar-refractivity contribution in [2.75, 3.05) is 19.6 Å². The molecule has 0 unspecified atom stereocenters. The summed E-state index contributed by atoms with van der Waals surface area (Å²) in [5.41, 5.74) is 2.87. The van der Waals surface area contributed by atoms with Crippen LogP contribution >= 0.6 is 11.6 Å². The predicted octanol–water partition coefficient (Wildman–Crippen LogP) is 4.46. The lowest BCUT2D eigenvalue weighted by Gasteiger charge is -2.31. The summed E-state index contributed by atoms with van der Waals surface area (Å²) in [6.07, 6.45) is 0. The minimum atomic E-state index is -0.0563. The molecule has 1 atom stereocenters. The molecule has 0 bridgehead atoms. The molecule has 0 saturated carbocycles. The van der Waals surface area contributed by atoms with Crippen molar-refractivity contribution in [1.29, 1.82) is 0 Å². The van der Waals surface area contributed by atoms with E-state index in [2.05, 4.69) is 24.1 Å². The third-order valence-electron chi connectivity index (χ3n) is 4.29. The highest BCUT2D eigenvalue weighted by Gasteiger charge is 2.21. The second-order valence-electron chi connectivity index (χ2n) is 5.83. The van der Waals surface area contributed by atoms with Crippen LogP contribution in [0.4, 0.5) is 0 Å². The van der Waals surface area contributed by atoms with E-state index in [0.717, 1.165) is 29.2 Å². The van der Waals surface area contributed by atoms with Crippen LogP contribution in [0.1, 0.15) is 41.4 Å². The molecule has 24 heavy (non-hydrogen) atoms. The zero-order valence-electron chi connectivity index (χ0n) is 14.6. The molecular weight excluding hydrogens is 320 g/mol. The van der Waals surface area contributed by atoms with Gasteiger partial charge >= 0.3 is 0 Å². The van der Waals surface area contributed by atoms with Gasteiger partial charge in [-0.3, -0.25) is 9.69 Å². The first kappa shape index (κ1) is 18.5. The molecule has 0 saturated heterocycles. The maximum atomic E-state index is 12.4. The van der Waals surface area contributed by atoms with E-state index in [-0.39, 0.29) is 11.9 Å². The van der Waals surface area contributed by atoms with Crippen LogP contribution < -0.4 is 5.32 Å². The molecule has 0 aliphatic rings. The summed E-state index contributed by atoms with van der Waals surface area (Å²) < 4.78 is 0. The van der Waals surface area contributed by atoms with Gasteiger partial charge in [-0.2, -0.15) is 0 Å². The predicted molar refractivity (Wildman–Crippen MR) is 101 cm³/mol. The third kappa shape index (κ3) is 4.59. The normalized spacial score (nSPS) is 12.2. The van der Waals surface area contributed by atoms with E-state index < -0.39 is 0 Å². The average molecular weight is 345 g/mol. The highest BCUT2D eigenvalue weighted by molar-refractivity contribution is 6.31. The number of amides is 1. The van der Waals surface area contributed by atoms with Gasteiger partial charge in [-0.25, -0.2) is 0 Å². The summed E-state index contributed by atoms with van der Waals surface area (Å²) in [5, 5.41) is 3.79. The van der Waals surface area contributed by atoms with Gasteiger partial charge in [-0.15, -0.1) is 0 Å². The molecule has 0 heterocycles. The molecule has 2 rings (SSSR count). The van der Waals surface area contributed by atoms with Crippen molar-refractivity contribution in [1.82, 2.24) is 10.2 Å². The van der Waals surface area contributed by atoms with Crippen LogP contribution in [0.15, 0.2) is 48.5 Å². The van der Waals surface area contributed by atoms with E-state index in [1.807, 2.05) is 55.5 Å². The molecule has 1 amide bonds. The number of carbonyl (C=O) groups excluding carboxylic acids is 1. The van der Waals surface area contributed by atoms with Crippen molar-refractivity contribution in [3.63, 3.8) is 0 Å². The molecule has 0 spiro atoms.